The maximum absolute atomic E-state index is 13.3. The molecule has 5 heteroatoms. The molecule has 0 spiro atoms. The summed E-state index contributed by atoms with van der Waals surface area (Å²) in [5, 5.41) is 2.90. The van der Waals surface area contributed by atoms with Gasteiger partial charge in [0.25, 0.3) is 0 Å². The fourth-order valence-electron chi connectivity index (χ4n) is 2.77. The summed E-state index contributed by atoms with van der Waals surface area (Å²) in [6, 6.07) is 17.8. The second-order valence-electron chi connectivity index (χ2n) is 6.47. The van der Waals surface area contributed by atoms with Gasteiger partial charge in [-0.1, -0.05) is 43.3 Å². The van der Waals surface area contributed by atoms with Crippen molar-refractivity contribution in [1.29, 1.82) is 0 Å². The number of hydrogen-bond donors (Lipinski definition) is 1. The van der Waals surface area contributed by atoms with Gasteiger partial charge in [-0.15, -0.1) is 0 Å². The standard InChI is InChI=1S/C23H23FN2O2/c1-2-17-8-10-18(11-9-17)12-13-22(27)26-16-19-5-4-14-25-23(19)28-21-7-3-6-20(24)15-21/h3-11,14-15H,2,12-13,16H2,1H3,(H,26,27). The van der Waals surface area contributed by atoms with Gasteiger partial charge in [-0.05, 0) is 42.2 Å². The lowest BCUT2D eigenvalue weighted by Crippen LogP contribution is -2.23. The molecule has 0 saturated heterocycles. The third kappa shape index (κ3) is 5.64. The third-order valence-electron chi connectivity index (χ3n) is 4.41. The summed E-state index contributed by atoms with van der Waals surface area (Å²) in [6.45, 7) is 2.42. The van der Waals surface area contributed by atoms with Crippen LogP contribution in [0.3, 0.4) is 0 Å². The molecular formula is C23H23FN2O2. The minimum atomic E-state index is -0.379. The lowest BCUT2D eigenvalue weighted by atomic mass is 10.1. The van der Waals surface area contributed by atoms with Gasteiger partial charge in [0.1, 0.15) is 11.6 Å². The third-order valence-corrected chi connectivity index (χ3v) is 4.41. The van der Waals surface area contributed by atoms with Crippen molar-refractivity contribution in [2.24, 2.45) is 0 Å². The van der Waals surface area contributed by atoms with E-state index in [1.807, 2.05) is 6.07 Å². The highest BCUT2D eigenvalue weighted by molar-refractivity contribution is 5.76. The molecule has 144 valence electrons. The Balaban J connectivity index is 1.54. The van der Waals surface area contributed by atoms with E-state index in [9.17, 15) is 9.18 Å². The molecule has 28 heavy (non-hydrogen) atoms. The number of carbonyl (C=O) groups excluding carboxylic acids is 1. The van der Waals surface area contributed by atoms with Crippen molar-refractivity contribution in [3.05, 3.63) is 89.4 Å². The van der Waals surface area contributed by atoms with Crippen molar-refractivity contribution >= 4 is 5.91 Å². The normalized spacial score (nSPS) is 10.5. The molecule has 0 atom stereocenters. The number of hydrogen-bond acceptors (Lipinski definition) is 3. The number of aromatic nitrogens is 1. The van der Waals surface area contributed by atoms with Gasteiger partial charge in [-0.25, -0.2) is 9.37 Å². The summed E-state index contributed by atoms with van der Waals surface area (Å²) >= 11 is 0. The Kier molecular flexibility index (Phi) is 6.73. The topological polar surface area (TPSA) is 51.2 Å². The number of rotatable bonds is 8. The van der Waals surface area contributed by atoms with Crippen LogP contribution in [0.5, 0.6) is 11.6 Å². The highest BCUT2D eigenvalue weighted by Crippen LogP contribution is 2.23. The Morgan fingerprint density at radius 2 is 1.86 bits per heavy atom. The molecule has 0 aliphatic heterocycles. The van der Waals surface area contributed by atoms with Crippen LogP contribution in [0.1, 0.15) is 30.0 Å². The summed E-state index contributed by atoms with van der Waals surface area (Å²) in [5.41, 5.74) is 3.16. The molecular weight excluding hydrogens is 355 g/mol. The summed E-state index contributed by atoms with van der Waals surface area (Å²) in [6.07, 6.45) is 3.70. The van der Waals surface area contributed by atoms with Gasteiger partial charge < -0.3 is 10.1 Å². The zero-order valence-electron chi connectivity index (χ0n) is 15.8. The number of halogens is 1. The van der Waals surface area contributed by atoms with Crippen LogP contribution >= 0.6 is 0 Å². The van der Waals surface area contributed by atoms with E-state index in [4.69, 9.17) is 4.74 Å². The predicted octanol–water partition coefficient (Wildman–Crippen LogP) is 4.82. The molecule has 0 aliphatic carbocycles. The molecule has 1 heterocycles. The van der Waals surface area contributed by atoms with Crippen molar-refractivity contribution in [2.45, 2.75) is 32.7 Å². The number of ether oxygens (including phenoxy) is 1. The van der Waals surface area contributed by atoms with E-state index < -0.39 is 0 Å². The summed E-state index contributed by atoms with van der Waals surface area (Å²) in [7, 11) is 0. The van der Waals surface area contributed by atoms with Crippen LogP contribution < -0.4 is 10.1 Å². The van der Waals surface area contributed by atoms with Crippen LogP contribution in [0, 0.1) is 5.82 Å². The highest BCUT2D eigenvalue weighted by Gasteiger charge is 2.09. The minimum Gasteiger partial charge on any atom is -0.439 e. The van der Waals surface area contributed by atoms with Crippen LogP contribution in [0.15, 0.2) is 66.9 Å². The Morgan fingerprint density at radius 1 is 1.07 bits per heavy atom. The van der Waals surface area contributed by atoms with Gasteiger partial charge in [0.15, 0.2) is 0 Å². The quantitative estimate of drug-likeness (QED) is 0.611. The van der Waals surface area contributed by atoms with Gasteiger partial charge >= 0.3 is 0 Å². The first-order valence-corrected chi connectivity index (χ1v) is 9.36. The number of nitrogens with one attached hydrogen (secondary N) is 1. The predicted molar refractivity (Wildman–Crippen MR) is 107 cm³/mol. The number of nitrogens with zero attached hydrogens (tertiary/aromatic N) is 1. The largest absolute Gasteiger partial charge is 0.439 e. The molecule has 0 aliphatic rings. The average Bonchev–Trinajstić information content (AvgIpc) is 2.72. The molecule has 0 radical (unpaired) electrons. The van der Waals surface area contributed by atoms with E-state index >= 15 is 0 Å². The lowest BCUT2D eigenvalue weighted by molar-refractivity contribution is -0.121. The van der Waals surface area contributed by atoms with E-state index in [-0.39, 0.29) is 11.7 Å². The SMILES string of the molecule is CCc1ccc(CCC(=O)NCc2cccnc2Oc2cccc(F)c2)cc1. The Labute approximate surface area is 164 Å². The molecule has 0 unspecified atom stereocenters. The maximum atomic E-state index is 13.3. The van der Waals surface area contributed by atoms with Gasteiger partial charge in [0.2, 0.25) is 11.8 Å². The Bertz CT molecular complexity index is 926. The first-order valence-electron chi connectivity index (χ1n) is 9.36. The Morgan fingerprint density at radius 3 is 2.61 bits per heavy atom. The second-order valence-corrected chi connectivity index (χ2v) is 6.47. The molecule has 1 aromatic heterocycles. The number of benzene rings is 2. The van der Waals surface area contributed by atoms with Crippen molar-refractivity contribution in [3.8, 4) is 11.6 Å². The van der Waals surface area contributed by atoms with Gasteiger partial charge in [-0.3, -0.25) is 4.79 Å². The van der Waals surface area contributed by atoms with Gasteiger partial charge in [-0.2, -0.15) is 0 Å². The Hall–Kier alpha value is -3.21. The van der Waals surface area contributed by atoms with Crippen molar-refractivity contribution in [2.75, 3.05) is 0 Å². The first-order chi connectivity index (χ1) is 13.6. The fraction of sp³-hybridized carbons (Fsp3) is 0.217. The van der Waals surface area contributed by atoms with E-state index in [1.165, 1.54) is 17.7 Å². The average molecular weight is 378 g/mol. The first kappa shape index (κ1) is 19.5. The van der Waals surface area contributed by atoms with Gasteiger partial charge in [0, 0.05) is 30.8 Å². The summed E-state index contributed by atoms with van der Waals surface area (Å²) in [4.78, 5) is 16.4. The molecule has 1 amide bonds. The van der Waals surface area contributed by atoms with E-state index in [0.29, 0.717) is 31.0 Å². The summed E-state index contributed by atoms with van der Waals surface area (Å²) < 4.78 is 19.0. The number of carbonyl (C=O) groups is 1. The van der Waals surface area contributed by atoms with Crippen molar-refractivity contribution < 1.29 is 13.9 Å². The molecule has 1 N–H and O–H groups in total. The highest BCUT2D eigenvalue weighted by atomic mass is 19.1. The van der Waals surface area contributed by atoms with Crippen LogP contribution in [-0.2, 0) is 24.2 Å². The second kappa shape index (κ2) is 9.65. The molecule has 0 saturated carbocycles. The smallest absolute Gasteiger partial charge is 0.224 e. The molecule has 4 nitrogen and oxygen atoms in total. The number of aryl methyl sites for hydroxylation is 2. The molecule has 3 aromatic rings. The van der Waals surface area contributed by atoms with Crippen LogP contribution in [0.25, 0.3) is 0 Å². The van der Waals surface area contributed by atoms with Crippen molar-refractivity contribution in [3.63, 3.8) is 0 Å². The van der Waals surface area contributed by atoms with Crippen LogP contribution in [0.4, 0.5) is 4.39 Å². The lowest BCUT2D eigenvalue weighted by Gasteiger charge is -2.11. The summed E-state index contributed by atoms with van der Waals surface area (Å²) in [5.74, 6) is 0.292. The van der Waals surface area contributed by atoms with Crippen LogP contribution in [0.2, 0.25) is 0 Å². The monoisotopic (exact) mass is 378 g/mol. The molecule has 3 rings (SSSR count). The van der Waals surface area contributed by atoms with E-state index in [1.54, 1.807) is 24.4 Å². The molecule has 2 aromatic carbocycles. The van der Waals surface area contributed by atoms with Crippen LogP contribution in [-0.4, -0.2) is 10.9 Å². The number of pyridine rings is 1. The van der Waals surface area contributed by atoms with Gasteiger partial charge in [0.05, 0.1) is 0 Å². The molecule has 0 bridgehead atoms. The van der Waals surface area contributed by atoms with E-state index in [2.05, 4.69) is 41.5 Å². The number of amides is 1. The minimum absolute atomic E-state index is 0.0415. The van der Waals surface area contributed by atoms with Crippen molar-refractivity contribution in [1.82, 2.24) is 10.3 Å². The zero-order valence-corrected chi connectivity index (χ0v) is 15.8. The zero-order chi connectivity index (χ0) is 19.8. The van der Waals surface area contributed by atoms with E-state index in [0.717, 1.165) is 17.5 Å². The maximum Gasteiger partial charge on any atom is 0.224 e. The fourth-order valence-corrected chi connectivity index (χ4v) is 2.77. The molecule has 0 fully saturated rings.